The second-order valence-corrected chi connectivity index (χ2v) is 4.64. The number of nitrogens with one attached hydrogen (secondary N) is 1. The Bertz CT molecular complexity index is 600. The number of hydrogen-bond donors (Lipinski definition) is 3. The predicted octanol–water partition coefficient (Wildman–Crippen LogP) is 0.130. The van der Waals surface area contributed by atoms with E-state index < -0.39 is 23.2 Å². The SMILES string of the molecule is CC(C)(NC(=O)c1ccc(C#CCN)c(F)c1)C(N)=O. The van der Waals surface area contributed by atoms with Gasteiger partial charge in [-0.25, -0.2) is 4.39 Å². The number of carbonyl (C=O) groups excluding carboxylic acids is 2. The first-order valence-electron chi connectivity index (χ1n) is 5.89. The van der Waals surface area contributed by atoms with Crippen LogP contribution in [0.15, 0.2) is 18.2 Å². The number of carbonyl (C=O) groups is 2. The van der Waals surface area contributed by atoms with E-state index in [9.17, 15) is 14.0 Å². The lowest BCUT2D eigenvalue weighted by Gasteiger charge is -2.22. The number of primary amides is 1. The molecule has 0 atom stereocenters. The Balaban J connectivity index is 2.96. The average molecular weight is 277 g/mol. The van der Waals surface area contributed by atoms with Gasteiger partial charge in [0.15, 0.2) is 0 Å². The molecule has 0 aliphatic carbocycles. The van der Waals surface area contributed by atoms with Gasteiger partial charge in [0.2, 0.25) is 5.91 Å². The summed E-state index contributed by atoms with van der Waals surface area (Å²) in [6, 6.07) is 3.84. The quantitative estimate of drug-likeness (QED) is 0.685. The molecule has 20 heavy (non-hydrogen) atoms. The lowest BCUT2D eigenvalue weighted by Crippen LogP contribution is -2.53. The van der Waals surface area contributed by atoms with Gasteiger partial charge in [0.25, 0.3) is 5.91 Å². The zero-order valence-electron chi connectivity index (χ0n) is 11.3. The largest absolute Gasteiger partial charge is 0.368 e. The highest BCUT2D eigenvalue weighted by Crippen LogP contribution is 2.11. The molecule has 6 heteroatoms. The van der Waals surface area contributed by atoms with Crippen LogP contribution in [0.4, 0.5) is 4.39 Å². The number of amides is 2. The number of halogens is 1. The van der Waals surface area contributed by atoms with Crippen LogP contribution in [0.5, 0.6) is 0 Å². The lowest BCUT2D eigenvalue weighted by molar-refractivity contribution is -0.122. The summed E-state index contributed by atoms with van der Waals surface area (Å²) >= 11 is 0. The van der Waals surface area contributed by atoms with E-state index in [-0.39, 0.29) is 17.7 Å². The second-order valence-electron chi connectivity index (χ2n) is 4.64. The molecule has 0 aliphatic heterocycles. The Hall–Kier alpha value is -2.39. The minimum atomic E-state index is -1.22. The monoisotopic (exact) mass is 277 g/mol. The molecule has 0 radical (unpaired) electrons. The Morgan fingerprint density at radius 3 is 2.55 bits per heavy atom. The van der Waals surface area contributed by atoms with Crippen molar-refractivity contribution in [2.75, 3.05) is 6.54 Å². The minimum absolute atomic E-state index is 0.0788. The van der Waals surface area contributed by atoms with Crippen molar-refractivity contribution in [2.24, 2.45) is 11.5 Å². The smallest absolute Gasteiger partial charge is 0.252 e. The summed E-state index contributed by atoms with van der Waals surface area (Å²) in [6.07, 6.45) is 0. The summed E-state index contributed by atoms with van der Waals surface area (Å²) < 4.78 is 13.7. The molecule has 106 valence electrons. The molecule has 5 nitrogen and oxygen atoms in total. The highest BCUT2D eigenvalue weighted by molar-refractivity contribution is 5.98. The van der Waals surface area contributed by atoms with Crippen LogP contribution in [-0.4, -0.2) is 23.9 Å². The van der Waals surface area contributed by atoms with Crippen LogP contribution in [0.3, 0.4) is 0 Å². The zero-order valence-corrected chi connectivity index (χ0v) is 11.3. The maximum Gasteiger partial charge on any atom is 0.252 e. The third-order valence-corrected chi connectivity index (χ3v) is 2.60. The fraction of sp³-hybridized carbons (Fsp3) is 0.286. The Morgan fingerprint density at radius 1 is 1.40 bits per heavy atom. The summed E-state index contributed by atoms with van der Waals surface area (Å²) in [7, 11) is 0. The van der Waals surface area contributed by atoms with Crippen molar-refractivity contribution in [1.82, 2.24) is 5.32 Å². The van der Waals surface area contributed by atoms with Gasteiger partial charge in [-0.2, -0.15) is 0 Å². The molecule has 1 aromatic carbocycles. The molecular formula is C14H16FN3O2. The van der Waals surface area contributed by atoms with Crippen LogP contribution in [0.2, 0.25) is 0 Å². The zero-order chi connectivity index (χ0) is 15.3. The van der Waals surface area contributed by atoms with Crippen molar-refractivity contribution >= 4 is 11.8 Å². The third-order valence-electron chi connectivity index (χ3n) is 2.60. The van der Waals surface area contributed by atoms with Gasteiger partial charge in [0.1, 0.15) is 11.4 Å². The highest BCUT2D eigenvalue weighted by Gasteiger charge is 2.27. The second kappa shape index (κ2) is 6.17. The van der Waals surface area contributed by atoms with E-state index in [4.69, 9.17) is 11.5 Å². The molecule has 0 fully saturated rings. The first-order chi connectivity index (χ1) is 9.27. The van der Waals surface area contributed by atoms with Crippen molar-refractivity contribution in [1.29, 1.82) is 0 Å². The van der Waals surface area contributed by atoms with Crippen molar-refractivity contribution in [3.8, 4) is 11.8 Å². The summed E-state index contributed by atoms with van der Waals surface area (Å²) in [6.45, 7) is 3.05. The van der Waals surface area contributed by atoms with Crippen molar-refractivity contribution in [3.63, 3.8) is 0 Å². The normalized spacial score (nSPS) is 10.4. The fourth-order valence-electron chi connectivity index (χ4n) is 1.32. The summed E-state index contributed by atoms with van der Waals surface area (Å²) in [4.78, 5) is 23.0. The van der Waals surface area contributed by atoms with Gasteiger partial charge in [0.05, 0.1) is 12.1 Å². The number of benzene rings is 1. The highest BCUT2D eigenvalue weighted by atomic mass is 19.1. The van der Waals surface area contributed by atoms with E-state index in [1.807, 2.05) is 0 Å². The van der Waals surface area contributed by atoms with Gasteiger partial charge < -0.3 is 16.8 Å². The van der Waals surface area contributed by atoms with E-state index in [2.05, 4.69) is 17.2 Å². The number of rotatable bonds is 3. The summed E-state index contributed by atoms with van der Waals surface area (Å²) in [5.41, 5.74) is 9.36. The van der Waals surface area contributed by atoms with Crippen LogP contribution < -0.4 is 16.8 Å². The Morgan fingerprint density at radius 2 is 2.05 bits per heavy atom. The molecule has 0 bridgehead atoms. The van der Waals surface area contributed by atoms with Crippen LogP contribution in [0, 0.1) is 17.7 Å². The fourth-order valence-corrected chi connectivity index (χ4v) is 1.32. The van der Waals surface area contributed by atoms with E-state index >= 15 is 0 Å². The molecule has 0 aromatic heterocycles. The van der Waals surface area contributed by atoms with Gasteiger partial charge in [-0.15, -0.1) is 0 Å². The molecule has 5 N–H and O–H groups in total. The van der Waals surface area contributed by atoms with Crippen LogP contribution in [0.1, 0.15) is 29.8 Å². The molecule has 0 aliphatic rings. The van der Waals surface area contributed by atoms with Crippen molar-refractivity contribution in [2.45, 2.75) is 19.4 Å². The topological polar surface area (TPSA) is 98.2 Å². The van der Waals surface area contributed by atoms with Crippen LogP contribution in [0.25, 0.3) is 0 Å². The first-order valence-corrected chi connectivity index (χ1v) is 5.89. The van der Waals surface area contributed by atoms with Gasteiger partial charge in [-0.1, -0.05) is 11.8 Å². The molecule has 0 saturated heterocycles. The van der Waals surface area contributed by atoms with Gasteiger partial charge >= 0.3 is 0 Å². The maximum absolute atomic E-state index is 13.7. The summed E-state index contributed by atoms with van der Waals surface area (Å²) in [5.74, 6) is 3.17. The van der Waals surface area contributed by atoms with Gasteiger partial charge in [-0.05, 0) is 32.0 Å². The molecule has 0 saturated carbocycles. The first kappa shape index (κ1) is 15.7. The number of hydrogen-bond acceptors (Lipinski definition) is 3. The Labute approximate surface area is 116 Å². The molecule has 2 amide bonds. The minimum Gasteiger partial charge on any atom is -0.368 e. The lowest BCUT2D eigenvalue weighted by atomic mass is 10.0. The molecular weight excluding hydrogens is 261 g/mol. The standard InChI is InChI=1S/C14H16FN3O2/c1-14(2,13(17)20)18-12(19)10-6-5-9(4-3-7-16)11(15)8-10/h5-6,8H,7,16H2,1-2H3,(H2,17,20)(H,18,19). The molecule has 0 unspecified atom stereocenters. The van der Waals surface area contributed by atoms with Crippen molar-refractivity contribution < 1.29 is 14.0 Å². The molecule has 0 spiro atoms. The third kappa shape index (κ3) is 3.80. The maximum atomic E-state index is 13.7. The molecule has 1 aromatic rings. The van der Waals surface area contributed by atoms with E-state index in [0.717, 1.165) is 6.07 Å². The average Bonchev–Trinajstić information content (AvgIpc) is 2.36. The summed E-state index contributed by atoms with van der Waals surface area (Å²) in [5, 5.41) is 2.43. The Kier molecular flexibility index (Phi) is 4.83. The predicted molar refractivity (Wildman–Crippen MR) is 73.1 cm³/mol. The molecule has 0 heterocycles. The van der Waals surface area contributed by atoms with E-state index in [1.54, 1.807) is 0 Å². The van der Waals surface area contributed by atoms with E-state index in [1.165, 1.54) is 26.0 Å². The van der Waals surface area contributed by atoms with Crippen molar-refractivity contribution in [3.05, 3.63) is 35.1 Å². The van der Waals surface area contributed by atoms with Gasteiger partial charge in [0, 0.05) is 5.56 Å². The van der Waals surface area contributed by atoms with Crippen LogP contribution in [-0.2, 0) is 4.79 Å². The molecule has 1 rings (SSSR count). The number of nitrogens with two attached hydrogens (primary N) is 2. The van der Waals surface area contributed by atoms with Crippen LogP contribution >= 0.6 is 0 Å². The van der Waals surface area contributed by atoms with E-state index in [0.29, 0.717) is 0 Å². The van der Waals surface area contributed by atoms with Gasteiger partial charge in [-0.3, -0.25) is 9.59 Å².